The highest BCUT2D eigenvalue weighted by Gasteiger charge is 2.26. The van der Waals surface area contributed by atoms with Gasteiger partial charge in [0.15, 0.2) is 0 Å². The van der Waals surface area contributed by atoms with Crippen LogP contribution < -0.4 is 15.8 Å². The average Bonchev–Trinajstić information content (AvgIpc) is 2.69. The van der Waals surface area contributed by atoms with Crippen LogP contribution in [0.3, 0.4) is 0 Å². The van der Waals surface area contributed by atoms with Gasteiger partial charge in [-0.15, -0.1) is 0 Å². The normalized spacial score (nSPS) is 17.3. The summed E-state index contributed by atoms with van der Waals surface area (Å²) < 4.78 is 5.11. The molecule has 3 N–H and O–H groups in total. The molecular weight excluding hydrogens is 342 g/mol. The molecule has 2 aromatic carbocycles. The first-order valence-corrected chi connectivity index (χ1v) is 9.14. The summed E-state index contributed by atoms with van der Waals surface area (Å²) in [5.41, 5.74) is 7.88. The van der Waals surface area contributed by atoms with Crippen molar-refractivity contribution in [3.05, 3.63) is 59.7 Å². The van der Waals surface area contributed by atoms with Crippen molar-refractivity contribution < 1.29 is 14.3 Å². The van der Waals surface area contributed by atoms with Crippen LogP contribution in [-0.4, -0.2) is 36.4 Å². The molecule has 1 fully saturated rings. The fourth-order valence-electron chi connectivity index (χ4n) is 3.38. The number of amides is 2. The summed E-state index contributed by atoms with van der Waals surface area (Å²) in [6.07, 6.45) is 2.93. The molecule has 1 saturated heterocycles. The van der Waals surface area contributed by atoms with Crippen molar-refractivity contribution >= 4 is 17.5 Å². The topological polar surface area (TPSA) is 84.7 Å². The number of hydrogen-bond acceptors (Lipinski definition) is 4. The number of nitrogens with two attached hydrogens (primary N) is 1. The highest BCUT2D eigenvalue weighted by atomic mass is 16.5. The molecular formula is C21H25N3O3. The van der Waals surface area contributed by atoms with Gasteiger partial charge in [0.05, 0.1) is 13.2 Å². The van der Waals surface area contributed by atoms with Gasteiger partial charge in [-0.2, -0.15) is 0 Å². The predicted octanol–water partition coefficient (Wildman–Crippen LogP) is 2.79. The van der Waals surface area contributed by atoms with Crippen molar-refractivity contribution in [3.8, 4) is 5.75 Å². The fourth-order valence-corrected chi connectivity index (χ4v) is 3.38. The van der Waals surface area contributed by atoms with Crippen LogP contribution in [0.2, 0.25) is 0 Å². The van der Waals surface area contributed by atoms with E-state index in [9.17, 15) is 9.59 Å². The van der Waals surface area contributed by atoms with E-state index >= 15 is 0 Å². The number of piperidine rings is 1. The first-order chi connectivity index (χ1) is 13.1. The third-order valence-electron chi connectivity index (χ3n) is 4.89. The summed E-state index contributed by atoms with van der Waals surface area (Å²) in [5, 5.41) is 2.87. The molecule has 1 atom stereocenters. The smallest absolute Gasteiger partial charge is 0.255 e. The maximum Gasteiger partial charge on any atom is 0.255 e. The Morgan fingerprint density at radius 2 is 1.81 bits per heavy atom. The van der Waals surface area contributed by atoms with Crippen LogP contribution in [0, 0.1) is 0 Å². The minimum absolute atomic E-state index is 0.167. The lowest BCUT2D eigenvalue weighted by molar-refractivity contribution is -0.124. The minimum atomic E-state index is -0.259. The summed E-state index contributed by atoms with van der Waals surface area (Å²) in [6, 6.07) is 14.5. The van der Waals surface area contributed by atoms with Gasteiger partial charge in [-0.25, -0.2) is 0 Å². The van der Waals surface area contributed by atoms with E-state index in [4.69, 9.17) is 10.5 Å². The second-order valence-electron chi connectivity index (χ2n) is 6.76. The van der Waals surface area contributed by atoms with E-state index in [2.05, 4.69) is 10.2 Å². The molecule has 1 unspecified atom stereocenters. The van der Waals surface area contributed by atoms with Crippen molar-refractivity contribution in [2.24, 2.45) is 5.73 Å². The first kappa shape index (κ1) is 18.9. The zero-order valence-corrected chi connectivity index (χ0v) is 15.5. The first-order valence-electron chi connectivity index (χ1n) is 9.14. The highest BCUT2D eigenvalue weighted by Crippen LogP contribution is 2.20. The lowest BCUT2D eigenvalue weighted by atomic mass is 10.0. The van der Waals surface area contributed by atoms with Crippen LogP contribution in [0.15, 0.2) is 48.5 Å². The van der Waals surface area contributed by atoms with E-state index in [0.717, 1.165) is 37.1 Å². The SMILES string of the molecule is COc1ccc(NC(=O)c2ccc(CN3CCCCC3C(N)=O)cc2)cc1. The number of hydrogen-bond donors (Lipinski definition) is 2. The number of ether oxygens (including phenoxy) is 1. The van der Waals surface area contributed by atoms with Gasteiger partial charge in [-0.05, 0) is 61.3 Å². The molecule has 1 aliphatic rings. The van der Waals surface area contributed by atoms with Crippen molar-refractivity contribution in [1.82, 2.24) is 4.90 Å². The molecule has 0 aliphatic carbocycles. The van der Waals surface area contributed by atoms with Gasteiger partial charge >= 0.3 is 0 Å². The van der Waals surface area contributed by atoms with Gasteiger partial charge in [-0.1, -0.05) is 18.6 Å². The van der Waals surface area contributed by atoms with Crippen LogP contribution in [0.4, 0.5) is 5.69 Å². The molecule has 6 heteroatoms. The summed E-state index contributed by atoms with van der Waals surface area (Å²) in [7, 11) is 1.60. The minimum Gasteiger partial charge on any atom is -0.497 e. The molecule has 27 heavy (non-hydrogen) atoms. The number of anilines is 1. The maximum atomic E-state index is 12.4. The summed E-state index contributed by atoms with van der Waals surface area (Å²) >= 11 is 0. The van der Waals surface area contributed by atoms with Crippen LogP contribution in [0.1, 0.15) is 35.2 Å². The molecule has 1 aliphatic heterocycles. The summed E-state index contributed by atoms with van der Waals surface area (Å²) in [6.45, 7) is 1.53. The van der Waals surface area contributed by atoms with E-state index in [0.29, 0.717) is 17.8 Å². The Kier molecular flexibility index (Phi) is 6.08. The molecule has 0 bridgehead atoms. The number of nitrogens with one attached hydrogen (secondary N) is 1. The molecule has 2 aromatic rings. The van der Waals surface area contributed by atoms with Crippen molar-refractivity contribution in [3.63, 3.8) is 0 Å². The number of nitrogens with zero attached hydrogens (tertiary/aromatic N) is 1. The largest absolute Gasteiger partial charge is 0.497 e. The number of carbonyl (C=O) groups is 2. The van der Waals surface area contributed by atoms with Gasteiger partial charge in [0.2, 0.25) is 5.91 Å². The van der Waals surface area contributed by atoms with E-state index in [-0.39, 0.29) is 17.9 Å². The van der Waals surface area contributed by atoms with Crippen LogP contribution in [0.25, 0.3) is 0 Å². The quantitative estimate of drug-likeness (QED) is 0.822. The van der Waals surface area contributed by atoms with Crippen molar-refractivity contribution in [2.45, 2.75) is 31.8 Å². The zero-order chi connectivity index (χ0) is 19.2. The van der Waals surface area contributed by atoms with Crippen LogP contribution >= 0.6 is 0 Å². The predicted molar refractivity (Wildman–Crippen MR) is 105 cm³/mol. The molecule has 1 heterocycles. The van der Waals surface area contributed by atoms with Crippen molar-refractivity contribution in [1.29, 1.82) is 0 Å². The zero-order valence-electron chi connectivity index (χ0n) is 15.5. The Balaban J connectivity index is 1.62. The van der Waals surface area contributed by atoms with E-state index < -0.39 is 0 Å². The van der Waals surface area contributed by atoms with Crippen LogP contribution in [0.5, 0.6) is 5.75 Å². The molecule has 2 amide bonds. The van der Waals surface area contributed by atoms with Gasteiger partial charge in [0, 0.05) is 17.8 Å². The highest BCUT2D eigenvalue weighted by molar-refractivity contribution is 6.04. The number of carbonyl (C=O) groups excluding carboxylic acids is 2. The molecule has 0 aromatic heterocycles. The summed E-state index contributed by atoms with van der Waals surface area (Å²) in [5.74, 6) is 0.314. The fraction of sp³-hybridized carbons (Fsp3) is 0.333. The third kappa shape index (κ3) is 4.86. The van der Waals surface area contributed by atoms with Crippen molar-refractivity contribution in [2.75, 3.05) is 19.0 Å². The molecule has 0 saturated carbocycles. The second kappa shape index (κ2) is 8.68. The summed E-state index contributed by atoms with van der Waals surface area (Å²) in [4.78, 5) is 26.2. The maximum absolute atomic E-state index is 12.4. The second-order valence-corrected chi connectivity index (χ2v) is 6.76. The van der Waals surface area contributed by atoms with E-state index in [1.165, 1.54) is 0 Å². The Hall–Kier alpha value is -2.86. The van der Waals surface area contributed by atoms with Gasteiger partial charge < -0.3 is 15.8 Å². The van der Waals surface area contributed by atoms with E-state index in [1.54, 1.807) is 43.5 Å². The van der Waals surface area contributed by atoms with Crippen LogP contribution in [-0.2, 0) is 11.3 Å². The number of methoxy groups -OCH3 is 1. The Bertz CT molecular complexity index is 787. The number of primary amides is 1. The van der Waals surface area contributed by atoms with Gasteiger partial charge in [0.25, 0.3) is 5.91 Å². The number of likely N-dealkylation sites (tertiary alicyclic amines) is 1. The molecule has 142 valence electrons. The molecule has 3 rings (SSSR count). The monoisotopic (exact) mass is 367 g/mol. The Morgan fingerprint density at radius 3 is 2.44 bits per heavy atom. The number of benzene rings is 2. The molecule has 0 spiro atoms. The van der Waals surface area contributed by atoms with Gasteiger partial charge in [0.1, 0.15) is 5.75 Å². The standard InChI is InChI=1S/C21H25N3O3/c1-27-18-11-9-17(10-12-18)23-21(26)16-7-5-15(6-8-16)14-24-13-3-2-4-19(24)20(22)25/h5-12,19H,2-4,13-14H2,1H3,(H2,22,25)(H,23,26). The molecule has 0 radical (unpaired) electrons. The number of rotatable bonds is 6. The van der Waals surface area contributed by atoms with Gasteiger partial charge in [-0.3, -0.25) is 14.5 Å². The lowest BCUT2D eigenvalue weighted by Gasteiger charge is -2.33. The third-order valence-corrected chi connectivity index (χ3v) is 4.89. The Labute approximate surface area is 159 Å². The Morgan fingerprint density at radius 1 is 1.11 bits per heavy atom. The average molecular weight is 367 g/mol. The molecule has 6 nitrogen and oxygen atoms in total. The lowest BCUT2D eigenvalue weighted by Crippen LogP contribution is -2.47. The van der Waals surface area contributed by atoms with E-state index in [1.807, 2.05) is 12.1 Å².